The van der Waals surface area contributed by atoms with Crippen LogP contribution in [0, 0.1) is 4.91 Å². The summed E-state index contributed by atoms with van der Waals surface area (Å²) in [4.78, 5) is 36.0. The molecular formula is C12H20N4O3. The summed E-state index contributed by atoms with van der Waals surface area (Å²) < 4.78 is 1.29. The van der Waals surface area contributed by atoms with Crippen LogP contribution in [0.4, 0.5) is 11.5 Å². The predicted molar refractivity (Wildman–Crippen MR) is 74.7 cm³/mol. The lowest BCUT2D eigenvalue weighted by Gasteiger charge is -2.20. The first kappa shape index (κ1) is 15.1. The van der Waals surface area contributed by atoms with Crippen LogP contribution in [0.25, 0.3) is 0 Å². The third kappa shape index (κ3) is 3.30. The van der Waals surface area contributed by atoms with Gasteiger partial charge in [0.05, 0.1) is 0 Å². The van der Waals surface area contributed by atoms with E-state index in [1.165, 1.54) is 4.57 Å². The zero-order chi connectivity index (χ0) is 14.4. The summed E-state index contributed by atoms with van der Waals surface area (Å²) in [5.41, 5.74) is 3.92. The molecule has 0 aliphatic carbocycles. The van der Waals surface area contributed by atoms with Crippen LogP contribution in [0.3, 0.4) is 0 Å². The van der Waals surface area contributed by atoms with Gasteiger partial charge in [0.1, 0.15) is 5.82 Å². The molecule has 7 nitrogen and oxygen atoms in total. The van der Waals surface area contributed by atoms with E-state index in [2.05, 4.69) is 17.1 Å². The van der Waals surface area contributed by atoms with Crippen LogP contribution in [-0.4, -0.2) is 9.55 Å². The molecule has 3 N–H and O–H groups in total. The molecule has 0 radical (unpaired) electrons. The third-order valence-electron chi connectivity index (χ3n) is 3.13. The van der Waals surface area contributed by atoms with Crippen molar-refractivity contribution in [1.82, 2.24) is 9.55 Å². The summed E-state index contributed by atoms with van der Waals surface area (Å²) in [7, 11) is 0. The van der Waals surface area contributed by atoms with Crippen molar-refractivity contribution in [3.8, 4) is 0 Å². The van der Waals surface area contributed by atoms with Crippen molar-refractivity contribution in [3.05, 3.63) is 25.7 Å². The molecular weight excluding hydrogens is 248 g/mol. The minimum absolute atomic E-state index is 0.116. The van der Waals surface area contributed by atoms with Gasteiger partial charge >= 0.3 is 5.69 Å². The number of nitrogen functional groups attached to an aromatic ring is 1. The van der Waals surface area contributed by atoms with E-state index in [0.29, 0.717) is 0 Å². The number of aromatic amines is 1. The molecule has 0 aliphatic rings. The Hall–Kier alpha value is -1.92. The van der Waals surface area contributed by atoms with Crippen molar-refractivity contribution < 1.29 is 0 Å². The zero-order valence-corrected chi connectivity index (χ0v) is 11.3. The molecule has 7 heteroatoms. The maximum Gasteiger partial charge on any atom is 0.330 e. The average Bonchev–Trinajstić information content (AvgIpc) is 2.35. The molecule has 1 aromatic heterocycles. The van der Waals surface area contributed by atoms with Crippen LogP contribution in [0.5, 0.6) is 0 Å². The first-order chi connectivity index (χ1) is 9.06. The average molecular weight is 268 g/mol. The summed E-state index contributed by atoms with van der Waals surface area (Å²) in [5, 5.41) is 2.62. The summed E-state index contributed by atoms with van der Waals surface area (Å²) in [5.74, 6) is -0.140. The fourth-order valence-electron chi connectivity index (χ4n) is 2.18. The quantitative estimate of drug-likeness (QED) is 0.737. The van der Waals surface area contributed by atoms with Gasteiger partial charge in [-0.2, -0.15) is 0 Å². The highest BCUT2D eigenvalue weighted by Crippen LogP contribution is 2.24. The van der Waals surface area contributed by atoms with Crippen LogP contribution in [0.2, 0.25) is 0 Å². The van der Waals surface area contributed by atoms with Crippen molar-refractivity contribution in [2.75, 3.05) is 5.73 Å². The summed E-state index contributed by atoms with van der Waals surface area (Å²) in [6.45, 7) is 4.06. The van der Waals surface area contributed by atoms with E-state index in [9.17, 15) is 14.5 Å². The lowest BCUT2D eigenvalue weighted by Crippen LogP contribution is -2.34. The monoisotopic (exact) mass is 268 g/mol. The third-order valence-corrected chi connectivity index (χ3v) is 3.13. The number of anilines is 1. The smallest absolute Gasteiger partial charge is 0.330 e. The minimum atomic E-state index is -0.834. The maximum atomic E-state index is 11.9. The molecule has 1 heterocycles. The van der Waals surface area contributed by atoms with Crippen molar-refractivity contribution >= 4 is 11.5 Å². The number of nitrogens with two attached hydrogens (primary N) is 1. The molecule has 0 bridgehead atoms. The Bertz CT molecular complexity index is 547. The van der Waals surface area contributed by atoms with E-state index in [0.717, 1.165) is 32.1 Å². The number of hydrogen-bond donors (Lipinski definition) is 2. The molecule has 0 spiro atoms. The Kier molecular flexibility index (Phi) is 5.47. The number of hydrogen-bond acceptors (Lipinski definition) is 5. The highest BCUT2D eigenvalue weighted by molar-refractivity contribution is 5.55. The molecule has 1 atom stereocenters. The second kappa shape index (κ2) is 6.86. The molecule has 1 unspecified atom stereocenters. The number of H-pyrrole nitrogens is 1. The largest absolute Gasteiger partial charge is 0.383 e. The number of nitrogens with zero attached hydrogens (tertiary/aromatic N) is 2. The van der Waals surface area contributed by atoms with Crippen LogP contribution < -0.4 is 17.0 Å². The van der Waals surface area contributed by atoms with Gasteiger partial charge in [0.15, 0.2) is 0 Å². The molecule has 0 saturated heterocycles. The topological polar surface area (TPSA) is 110 Å². The van der Waals surface area contributed by atoms with Gasteiger partial charge in [0.2, 0.25) is 5.69 Å². The van der Waals surface area contributed by atoms with E-state index in [-0.39, 0.29) is 11.9 Å². The second-order valence-corrected chi connectivity index (χ2v) is 4.54. The first-order valence-electron chi connectivity index (χ1n) is 6.54. The zero-order valence-electron chi connectivity index (χ0n) is 11.3. The van der Waals surface area contributed by atoms with Crippen LogP contribution in [-0.2, 0) is 0 Å². The van der Waals surface area contributed by atoms with E-state index < -0.39 is 16.9 Å². The molecule has 1 rings (SSSR count). The van der Waals surface area contributed by atoms with Gasteiger partial charge in [-0.15, -0.1) is 4.91 Å². The molecule has 0 aliphatic heterocycles. The molecule has 106 valence electrons. The molecule has 19 heavy (non-hydrogen) atoms. The van der Waals surface area contributed by atoms with E-state index >= 15 is 0 Å². The lowest BCUT2D eigenvalue weighted by molar-refractivity contribution is 0.406. The van der Waals surface area contributed by atoms with Gasteiger partial charge < -0.3 is 5.73 Å². The molecule has 0 amide bonds. The Morgan fingerprint density at radius 1 is 1.26 bits per heavy atom. The normalized spacial score (nSPS) is 12.3. The van der Waals surface area contributed by atoms with Crippen LogP contribution in [0.15, 0.2) is 14.8 Å². The van der Waals surface area contributed by atoms with Gasteiger partial charge in [-0.3, -0.25) is 14.3 Å². The van der Waals surface area contributed by atoms with Gasteiger partial charge in [0, 0.05) is 6.04 Å². The van der Waals surface area contributed by atoms with Crippen molar-refractivity contribution in [2.45, 2.75) is 52.0 Å². The SMILES string of the molecule is CCCCC(CCC)n1c(N)c(N=O)c(=O)[nH]c1=O. The minimum Gasteiger partial charge on any atom is -0.383 e. The number of unbranched alkanes of at least 4 members (excludes halogenated alkanes) is 1. The summed E-state index contributed by atoms with van der Waals surface area (Å²) >= 11 is 0. The Morgan fingerprint density at radius 2 is 1.95 bits per heavy atom. The Balaban J connectivity index is 3.33. The standard InChI is InChI=1S/C12H20N4O3/c1-3-5-7-8(6-4-2)16-10(13)9(15-19)11(17)14-12(16)18/h8H,3-7,13H2,1-2H3,(H,14,17,18). The van der Waals surface area contributed by atoms with E-state index in [1.807, 2.05) is 6.92 Å². The summed E-state index contributed by atoms with van der Waals surface area (Å²) in [6.07, 6.45) is 4.35. The molecule has 0 fully saturated rings. The predicted octanol–water partition coefficient (Wildman–Crippen LogP) is 2.05. The Labute approximate surface area is 110 Å². The highest BCUT2D eigenvalue weighted by atomic mass is 16.3. The van der Waals surface area contributed by atoms with Gasteiger partial charge in [0.25, 0.3) is 5.56 Å². The van der Waals surface area contributed by atoms with Gasteiger partial charge in [-0.1, -0.05) is 33.1 Å². The number of rotatable bonds is 7. The number of aromatic nitrogens is 2. The van der Waals surface area contributed by atoms with E-state index in [1.54, 1.807) is 0 Å². The van der Waals surface area contributed by atoms with Gasteiger partial charge in [-0.05, 0) is 18.0 Å². The first-order valence-corrected chi connectivity index (χ1v) is 6.54. The molecule has 1 aromatic rings. The van der Waals surface area contributed by atoms with Crippen LogP contribution in [0.1, 0.15) is 52.0 Å². The van der Waals surface area contributed by atoms with Crippen molar-refractivity contribution in [1.29, 1.82) is 0 Å². The van der Waals surface area contributed by atoms with Crippen LogP contribution >= 0.6 is 0 Å². The van der Waals surface area contributed by atoms with Gasteiger partial charge in [-0.25, -0.2) is 4.79 Å². The number of nitrogens with one attached hydrogen (secondary N) is 1. The Morgan fingerprint density at radius 3 is 2.47 bits per heavy atom. The van der Waals surface area contributed by atoms with E-state index in [4.69, 9.17) is 5.73 Å². The second-order valence-electron chi connectivity index (χ2n) is 4.54. The molecule has 0 aromatic carbocycles. The number of nitroso groups, excluding NO2 is 1. The molecule has 0 saturated carbocycles. The fraction of sp³-hybridized carbons (Fsp3) is 0.667. The summed E-state index contributed by atoms with van der Waals surface area (Å²) in [6, 6.07) is -0.116. The fourth-order valence-corrected chi connectivity index (χ4v) is 2.18. The lowest BCUT2D eigenvalue weighted by atomic mass is 10.0. The maximum absolute atomic E-state index is 11.9. The van der Waals surface area contributed by atoms with Crippen molar-refractivity contribution in [3.63, 3.8) is 0 Å². The van der Waals surface area contributed by atoms with Crippen molar-refractivity contribution in [2.24, 2.45) is 5.18 Å². The highest BCUT2D eigenvalue weighted by Gasteiger charge is 2.19.